The van der Waals surface area contributed by atoms with E-state index < -0.39 is 6.10 Å². The Morgan fingerprint density at radius 3 is 0.772 bits per heavy atom. The first kappa shape index (κ1) is 75.6. The van der Waals surface area contributed by atoms with Crippen LogP contribution < -0.4 is 0 Å². The molecule has 1 unspecified atom stereocenters. The summed E-state index contributed by atoms with van der Waals surface area (Å²) in [5, 5.41) is 0. The lowest BCUT2D eigenvalue weighted by atomic mass is 10.0. The predicted molar refractivity (Wildman–Crippen MR) is 344 cm³/mol. The Kier molecular flexibility index (Phi) is 64.2. The van der Waals surface area contributed by atoms with Crippen molar-refractivity contribution in [1.82, 2.24) is 0 Å². The summed E-state index contributed by atoms with van der Waals surface area (Å²) >= 11 is 0. The van der Waals surface area contributed by atoms with Gasteiger partial charge in [-0.15, -0.1) is 0 Å². The van der Waals surface area contributed by atoms with Crippen molar-refractivity contribution in [3.8, 4) is 0 Å². The monoisotopic (exact) mass is 1100 g/mol. The van der Waals surface area contributed by atoms with Crippen LogP contribution in [-0.2, 0) is 28.6 Å². The Labute approximate surface area is 490 Å². The Morgan fingerprint density at radius 2 is 0.494 bits per heavy atom. The number of hydrogen-bond donors (Lipinski definition) is 0. The number of unbranched alkanes of at least 4 members (excludes halogenated alkanes) is 37. The summed E-state index contributed by atoms with van der Waals surface area (Å²) in [6, 6.07) is 0. The molecule has 0 fully saturated rings. The minimum Gasteiger partial charge on any atom is -0.462 e. The van der Waals surface area contributed by atoms with Crippen LogP contribution in [0.1, 0.15) is 342 Å². The zero-order valence-electron chi connectivity index (χ0n) is 52.4. The molecule has 456 valence electrons. The third kappa shape index (κ3) is 65.3. The number of allylic oxidation sites excluding steroid dienone is 14. The van der Waals surface area contributed by atoms with Crippen LogP contribution in [0.15, 0.2) is 85.1 Å². The van der Waals surface area contributed by atoms with Gasteiger partial charge >= 0.3 is 17.9 Å². The van der Waals surface area contributed by atoms with Gasteiger partial charge in [-0.1, -0.05) is 318 Å². The van der Waals surface area contributed by atoms with Gasteiger partial charge in [0, 0.05) is 19.3 Å². The average molecular weight is 1100 g/mol. The highest BCUT2D eigenvalue weighted by Gasteiger charge is 2.19. The molecule has 0 bridgehead atoms. The molecule has 0 aliphatic heterocycles. The first-order valence-corrected chi connectivity index (χ1v) is 34.1. The molecule has 0 spiro atoms. The molecule has 0 amide bonds. The summed E-state index contributed by atoms with van der Waals surface area (Å²) < 4.78 is 16.9. The van der Waals surface area contributed by atoms with Crippen LogP contribution in [0.25, 0.3) is 0 Å². The van der Waals surface area contributed by atoms with Crippen LogP contribution in [0.3, 0.4) is 0 Å². The van der Waals surface area contributed by atoms with Crippen molar-refractivity contribution in [2.45, 2.75) is 348 Å². The fourth-order valence-electron chi connectivity index (χ4n) is 9.86. The predicted octanol–water partition coefficient (Wildman–Crippen LogP) is 23.4. The van der Waals surface area contributed by atoms with E-state index in [1.165, 1.54) is 193 Å². The zero-order chi connectivity index (χ0) is 57.1. The van der Waals surface area contributed by atoms with E-state index in [4.69, 9.17) is 14.2 Å². The van der Waals surface area contributed by atoms with Crippen LogP contribution in [0.4, 0.5) is 0 Å². The third-order valence-electron chi connectivity index (χ3n) is 14.9. The average Bonchev–Trinajstić information content (AvgIpc) is 3.45. The van der Waals surface area contributed by atoms with Crippen molar-refractivity contribution < 1.29 is 28.6 Å². The van der Waals surface area contributed by atoms with Gasteiger partial charge in [0.2, 0.25) is 0 Å². The van der Waals surface area contributed by atoms with Gasteiger partial charge in [0.1, 0.15) is 13.2 Å². The van der Waals surface area contributed by atoms with Crippen molar-refractivity contribution in [3.63, 3.8) is 0 Å². The molecule has 0 rings (SSSR count). The number of carbonyl (C=O) groups is 3. The van der Waals surface area contributed by atoms with Gasteiger partial charge < -0.3 is 14.2 Å². The van der Waals surface area contributed by atoms with Crippen LogP contribution >= 0.6 is 0 Å². The number of ether oxygens (including phenoxy) is 3. The van der Waals surface area contributed by atoms with Gasteiger partial charge in [-0.25, -0.2) is 0 Å². The summed E-state index contributed by atoms with van der Waals surface area (Å²) in [7, 11) is 0. The van der Waals surface area contributed by atoms with Crippen LogP contribution in [-0.4, -0.2) is 37.2 Å². The fourth-order valence-corrected chi connectivity index (χ4v) is 9.86. The summed E-state index contributed by atoms with van der Waals surface area (Å²) in [5.74, 6) is -0.871. The van der Waals surface area contributed by atoms with Gasteiger partial charge in [0.15, 0.2) is 6.10 Å². The largest absolute Gasteiger partial charge is 0.462 e. The minimum atomic E-state index is -0.777. The lowest BCUT2D eigenvalue weighted by Gasteiger charge is -2.18. The highest BCUT2D eigenvalue weighted by atomic mass is 16.6. The molecule has 6 heteroatoms. The molecule has 6 nitrogen and oxygen atoms in total. The molecule has 79 heavy (non-hydrogen) atoms. The first-order valence-electron chi connectivity index (χ1n) is 34.1. The highest BCUT2D eigenvalue weighted by Crippen LogP contribution is 2.18. The second kappa shape index (κ2) is 67.1. The van der Waals surface area contributed by atoms with Crippen LogP contribution in [0.5, 0.6) is 0 Å². The molecule has 0 radical (unpaired) electrons. The number of hydrogen-bond acceptors (Lipinski definition) is 6. The van der Waals surface area contributed by atoms with Crippen LogP contribution in [0.2, 0.25) is 0 Å². The Hall–Kier alpha value is -3.41. The number of rotatable bonds is 62. The van der Waals surface area contributed by atoms with Gasteiger partial charge in [0.05, 0.1) is 0 Å². The van der Waals surface area contributed by atoms with E-state index in [1.807, 2.05) is 0 Å². The standard InChI is InChI=1S/C73H128O6/c1-4-7-10-13-16-19-21-23-25-27-28-29-30-31-32-33-34-35-36-37-38-39-40-41-42-43-44-46-47-49-51-54-57-60-63-66-72(75)78-69-70(68-77-71(74)65-62-59-56-53-18-15-12-9-6-3)79-73(76)67-64-61-58-55-52-50-48-45-26-24-22-20-17-14-11-8-5-2/h7-8,10-11,16-17,19-20,23-26,28-29,70H,4-6,9,12-15,18,21-22,27,30-69H2,1-3H3/b10-7-,11-8-,19-16-,20-17-,25-23-,26-24-,29-28-. The topological polar surface area (TPSA) is 78.9 Å². The molecular weight excluding hydrogens is 973 g/mol. The molecule has 0 aliphatic carbocycles. The zero-order valence-corrected chi connectivity index (χ0v) is 52.4. The van der Waals surface area contributed by atoms with E-state index in [-0.39, 0.29) is 31.1 Å². The van der Waals surface area contributed by atoms with Crippen molar-refractivity contribution in [2.75, 3.05) is 13.2 Å². The molecule has 0 aromatic carbocycles. The van der Waals surface area contributed by atoms with Crippen LogP contribution in [0, 0.1) is 0 Å². The van der Waals surface area contributed by atoms with Crippen molar-refractivity contribution in [3.05, 3.63) is 85.1 Å². The van der Waals surface area contributed by atoms with Gasteiger partial charge in [-0.05, 0) is 89.9 Å². The smallest absolute Gasteiger partial charge is 0.306 e. The Balaban J connectivity index is 4.02. The molecular formula is C73H128O6. The lowest BCUT2D eigenvalue weighted by molar-refractivity contribution is -0.167. The minimum absolute atomic E-state index is 0.0751. The Bertz CT molecular complexity index is 1500. The molecule has 1 atom stereocenters. The quantitative estimate of drug-likeness (QED) is 0.0261. The van der Waals surface area contributed by atoms with E-state index >= 15 is 0 Å². The maximum atomic E-state index is 12.9. The van der Waals surface area contributed by atoms with Crippen molar-refractivity contribution >= 4 is 17.9 Å². The lowest BCUT2D eigenvalue weighted by Crippen LogP contribution is -2.30. The SMILES string of the molecule is CC/C=C\C/C=C\C/C=C\C/C=C\CCCCCCCCCCCCCCCCCCCCCCCCC(=O)OCC(COC(=O)CCCCCCCCCCC)OC(=O)CCCCCCCCC/C=C\C/C=C\C/C=C\CC. The van der Waals surface area contributed by atoms with Crippen molar-refractivity contribution in [2.24, 2.45) is 0 Å². The Morgan fingerprint density at radius 1 is 0.266 bits per heavy atom. The summed E-state index contributed by atoms with van der Waals surface area (Å²) in [6.45, 7) is 6.43. The van der Waals surface area contributed by atoms with Gasteiger partial charge in [0.25, 0.3) is 0 Å². The number of carbonyl (C=O) groups excluding carboxylic acids is 3. The number of esters is 3. The highest BCUT2D eigenvalue weighted by molar-refractivity contribution is 5.71. The molecule has 0 heterocycles. The molecule has 0 aromatic rings. The van der Waals surface area contributed by atoms with E-state index in [1.54, 1.807) is 0 Å². The fraction of sp³-hybridized carbons (Fsp3) is 0.767. The molecule has 0 saturated carbocycles. The first-order chi connectivity index (χ1) is 39.0. The third-order valence-corrected chi connectivity index (χ3v) is 14.9. The maximum Gasteiger partial charge on any atom is 0.306 e. The van der Waals surface area contributed by atoms with Gasteiger partial charge in [-0.3, -0.25) is 14.4 Å². The van der Waals surface area contributed by atoms with E-state index in [9.17, 15) is 14.4 Å². The summed E-state index contributed by atoms with van der Waals surface area (Å²) in [4.78, 5) is 38.2. The molecule has 0 N–H and O–H groups in total. The normalized spacial score (nSPS) is 12.6. The summed E-state index contributed by atoms with van der Waals surface area (Å²) in [5.41, 5.74) is 0. The summed E-state index contributed by atoms with van der Waals surface area (Å²) in [6.07, 6.45) is 89.2. The second-order valence-corrected chi connectivity index (χ2v) is 22.7. The van der Waals surface area contributed by atoms with E-state index in [0.717, 1.165) is 109 Å². The van der Waals surface area contributed by atoms with Crippen molar-refractivity contribution in [1.29, 1.82) is 0 Å². The maximum absolute atomic E-state index is 12.9. The molecule has 0 saturated heterocycles. The molecule has 0 aromatic heterocycles. The second-order valence-electron chi connectivity index (χ2n) is 22.7. The van der Waals surface area contributed by atoms with E-state index in [0.29, 0.717) is 19.3 Å². The van der Waals surface area contributed by atoms with E-state index in [2.05, 4.69) is 106 Å². The molecule has 0 aliphatic rings. The van der Waals surface area contributed by atoms with Gasteiger partial charge in [-0.2, -0.15) is 0 Å².